The van der Waals surface area contributed by atoms with Crippen molar-refractivity contribution in [2.24, 2.45) is 0 Å². The largest absolute Gasteiger partial charge is 0.413 e. The smallest absolute Gasteiger partial charge is 0.382 e. The number of nitrogens with zero attached hydrogens (tertiary/aromatic N) is 1. The van der Waals surface area contributed by atoms with Crippen LogP contribution in [-0.2, 0) is 4.74 Å². The van der Waals surface area contributed by atoms with Gasteiger partial charge >= 0.3 is 12.2 Å². The Morgan fingerprint density at radius 3 is 2.57 bits per heavy atom. The summed E-state index contributed by atoms with van der Waals surface area (Å²) in [6.07, 6.45) is -2.01. The van der Waals surface area contributed by atoms with Crippen molar-refractivity contribution in [2.75, 3.05) is 19.0 Å². The number of methoxy groups -OCH3 is 1. The Morgan fingerprint density at radius 2 is 2.05 bits per heavy atom. The Kier molecular flexibility index (Phi) is 5.41. The third-order valence-corrected chi connectivity index (χ3v) is 3.23. The molecule has 0 aliphatic carbocycles. The Balaban J connectivity index is 2.87. The van der Waals surface area contributed by atoms with E-state index in [1.165, 1.54) is 12.4 Å². The highest BCUT2D eigenvalue weighted by Crippen LogP contribution is 2.30. The van der Waals surface area contributed by atoms with Crippen LogP contribution < -0.4 is 10.6 Å². The highest BCUT2D eigenvalue weighted by molar-refractivity contribution is 6.31. The van der Waals surface area contributed by atoms with Crippen LogP contribution in [0.4, 0.5) is 23.7 Å². The van der Waals surface area contributed by atoms with Gasteiger partial charge in [-0.15, -0.1) is 0 Å². The molecule has 0 fully saturated rings. The number of nitrogens with one attached hydrogen (secondary N) is 2. The lowest BCUT2D eigenvalue weighted by Crippen LogP contribution is -2.60. The summed E-state index contributed by atoms with van der Waals surface area (Å²) in [6, 6.07) is -1.03. The molecule has 9 heteroatoms. The maximum Gasteiger partial charge on any atom is 0.413 e. The summed E-state index contributed by atoms with van der Waals surface area (Å²) in [4.78, 5) is 15.5. The average Bonchev–Trinajstić information content (AvgIpc) is 2.33. The predicted molar refractivity (Wildman–Crippen MR) is 72.5 cm³/mol. The molecule has 2 N–H and O–H groups in total. The second kappa shape index (κ2) is 6.48. The zero-order valence-electron chi connectivity index (χ0n) is 11.6. The summed E-state index contributed by atoms with van der Waals surface area (Å²) >= 11 is 5.82. The number of rotatable bonds is 4. The lowest BCUT2D eigenvalue weighted by molar-refractivity contribution is -0.199. The van der Waals surface area contributed by atoms with E-state index in [-0.39, 0.29) is 5.69 Å². The van der Waals surface area contributed by atoms with Gasteiger partial charge in [0.25, 0.3) is 0 Å². The van der Waals surface area contributed by atoms with Crippen LogP contribution in [0.3, 0.4) is 0 Å². The molecule has 0 radical (unpaired) electrons. The van der Waals surface area contributed by atoms with E-state index in [1.54, 1.807) is 6.92 Å². The first-order chi connectivity index (χ1) is 9.60. The van der Waals surface area contributed by atoms with Crippen LogP contribution in [0.25, 0.3) is 0 Å². The van der Waals surface area contributed by atoms with Gasteiger partial charge in [0.15, 0.2) is 5.54 Å². The summed E-state index contributed by atoms with van der Waals surface area (Å²) < 4.78 is 43.5. The molecule has 0 saturated carbocycles. The summed E-state index contributed by atoms with van der Waals surface area (Å²) in [5.41, 5.74) is -1.78. The molecule has 1 rings (SSSR count). The van der Waals surface area contributed by atoms with Crippen LogP contribution >= 0.6 is 11.6 Å². The standard InChI is InChI=1S/C12H15ClF3N3O2/c1-7-8(13)4-17-5-9(7)18-10(20)19-11(2,6-21-3)12(14,15)16/h4-5H,6H2,1-3H3,(H2,18,19,20). The van der Waals surface area contributed by atoms with Gasteiger partial charge in [0.1, 0.15) is 0 Å². The topological polar surface area (TPSA) is 63.2 Å². The van der Waals surface area contributed by atoms with Crippen molar-refractivity contribution < 1.29 is 22.7 Å². The molecule has 0 aliphatic rings. The second-order valence-corrected chi connectivity index (χ2v) is 5.04. The second-order valence-electron chi connectivity index (χ2n) is 4.64. The number of pyridine rings is 1. The minimum absolute atomic E-state index is 0.224. The van der Waals surface area contributed by atoms with Crippen molar-refractivity contribution in [1.82, 2.24) is 10.3 Å². The predicted octanol–water partition coefficient (Wildman–Crippen LogP) is 3.13. The van der Waals surface area contributed by atoms with Crippen LogP contribution in [-0.4, -0.2) is 36.4 Å². The molecule has 21 heavy (non-hydrogen) atoms. The molecule has 0 aliphatic heterocycles. The number of urea groups is 1. The molecule has 2 amide bonds. The van der Waals surface area contributed by atoms with Gasteiger partial charge in [0, 0.05) is 13.3 Å². The van der Waals surface area contributed by atoms with Crippen LogP contribution in [0.2, 0.25) is 5.02 Å². The van der Waals surface area contributed by atoms with Gasteiger partial charge in [-0.3, -0.25) is 4.98 Å². The monoisotopic (exact) mass is 325 g/mol. The number of hydrogen-bond acceptors (Lipinski definition) is 3. The highest BCUT2D eigenvalue weighted by Gasteiger charge is 2.52. The number of anilines is 1. The molecule has 118 valence electrons. The average molecular weight is 326 g/mol. The summed E-state index contributed by atoms with van der Waals surface area (Å²) in [5, 5.41) is 4.44. The molecule has 0 spiro atoms. The van der Waals surface area contributed by atoms with Gasteiger partial charge in [0.05, 0.1) is 23.5 Å². The third kappa shape index (κ3) is 4.21. The van der Waals surface area contributed by atoms with E-state index in [0.29, 0.717) is 10.6 Å². The van der Waals surface area contributed by atoms with Crippen LogP contribution in [0.15, 0.2) is 12.4 Å². The number of carbonyl (C=O) groups excluding carboxylic acids is 1. The van der Waals surface area contributed by atoms with Gasteiger partial charge in [0.2, 0.25) is 0 Å². The Morgan fingerprint density at radius 1 is 1.43 bits per heavy atom. The molecular formula is C12H15ClF3N3O2. The quantitative estimate of drug-likeness (QED) is 0.894. The van der Waals surface area contributed by atoms with Crippen molar-refractivity contribution in [2.45, 2.75) is 25.6 Å². The van der Waals surface area contributed by atoms with E-state index >= 15 is 0 Å². The molecule has 0 saturated heterocycles. The van der Waals surface area contributed by atoms with E-state index in [2.05, 4.69) is 15.0 Å². The minimum atomic E-state index is -4.66. The fourth-order valence-electron chi connectivity index (χ4n) is 1.51. The molecule has 1 atom stereocenters. The fourth-order valence-corrected chi connectivity index (χ4v) is 1.67. The van der Waals surface area contributed by atoms with E-state index in [9.17, 15) is 18.0 Å². The van der Waals surface area contributed by atoms with Crippen LogP contribution in [0, 0.1) is 6.92 Å². The lowest BCUT2D eigenvalue weighted by atomic mass is 10.0. The Bertz CT molecular complexity index is 525. The van der Waals surface area contributed by atoms with Crippen molar-refractivity contribution >= 4 is 23.3 Å². The first kappa shape index (κ1) is 17.5. The fraction of sp³-hybridized carbons (Fsp3) is 0.500. The molecule has 0 bridgehead atoms. The number of amides is 2. The van der Waals surface area contributed by atoms with E-state index < -0.39 is 24.4 Å². The van der Waals surface area contributed by atoms with Gasteiger partial charge in [-0.1, -0.05) is 11.6 Å². The number of hydrogen-bond donors (Lipinski definition) is 2. The maximum absolute atomic E-state index is 13.0. The van der Waals surface area contributed by atoms with E-state index in [4.69, 9.17) is 11.6 Å². The summed E-state index contributed by atoms with van der Waals surface area (Å²) in [6.45, 7) is 1.73. The van der Waals surface area contributed by atoms with E-state index in [0.717, 1.165) is 14.0 Å². The Labute approximate surface area is 124 Å². The normalized spacial score (nSPS) is 14.4. The van der Waals surface area contributed by atoms with Crippen LogP contribution in [0.5, 0.6) is 0 Å². The minimum Gasteiger partial charge on any atom is -0.382 e. The number of carbonyl (C=O) groups is 1. The SMILES string of the molecule is COCC(C)(NC(=O)Nc1cncc(Cl)c1C)C(F)(F)F. The lowest BCUT2D eigenvalue weighted by Gasteiger charge is -2.32. The van der Waals surface area contributed by atoms with Crippen molar-refractivity contribution in [3.8, 4) is 0 Å². The molecule has 1 unspecified atom stereocenters. The number of ether oxygens (including phenoxy) is 1. The van der Waals surface area contributed by atoms with E-state index in [1.807, 2.05) is 5.32 Å². The van der Waals surface area contributed by atoms with Crippen molar-refractivity contribution in [3.05, 3.63) is 23.0 Å². The molecular weight excluding hydrogens is 311 g/mol. The zero-order valence-corrected chi connectivity index (χ0v) is 12.4. The highest BCUT2D eigenvalue weighted by atomic mass is 35.5. The molecule has 1 aromatic heterocycles. The van der Waals surface area contributed by atoms with Crippen molar-refractivity contribution in [1.29, 1.82) is 0 Å². The van der Waals surface area contributed by atoms with Gasteiger partial charge in [-0.2, -0.15) is 13.2 Å². The first-order valence-electron chi connectivity index (χ1n) is 5.85. The first-order valence-corrected chi connectivity index (χ1v) is 6.23. The third-order valence-electron chi connectivity index (χ3n) is 2.85. The Hall–Kier alpha value is -1.54. The number of aromatic nitrogens is 1. The molecule has 1 heterocycles. The van der Waals surface area contributed by atoms with Gasteiger partial charge in [-0.05, 0) is 19.4 Å². The van der Waals surface area contributed by atoms with Crippen molar-refractivity contribution in [3.63, 3.8) is 0 Å². The maximum atomic E-state index is 13.0. The molecule has 0 aromatic carbocycles. The summed E-state index contributed by atoms with van der Waals surface area (Å²) in [7, 11) is 1.12. The number of halogens is 4. The van der Waals surface area contributed by atoms with Crippen LogP contribution in [0.1, 0.15) is 12.5 Å². The molecule has 1 aromatic rings. The zero-order chi connectivity index (χ0) is 16.3. The van der Waals surface area contributed by atoms with Gasteiger partial charge < -0.3 is 15.4 Å². The molecule has 5 nitrogen and oxygen atoms in total. The number of alkyl halides is 3. The van der Waals surface area contributed by atoms with Gasteiger partial charge in [-0.25, -0.2) is 4.79 Å². The summed E-state index contributed by atoms with van der Waals surface area (Å²) in [5.74, 6) is 0.